The van der Waals surface area contributed by atoms with Gasteiger partial charge in [0.2, 0.25) is 0 Å². The summed E-state index contributed by atoms with van der Waals surface area (Å²) < 4.78 is 32.7. The van der Waals surface area contributed by atoms with Crippen LogP contribution in [0.3, 0.4) is 0 Å². The number of rotatable bonds is 7. The van der Waals surface area contributed by atoms with E-state index in [4.69, 9.17) is 9.84 Å². The third kappa shape index (κ3) is 4.17. The van der Waals surface area contributed by atoms with Gasteiger partial charge in [0.25, 0.3) is 10.2 Å². The third-order valence-corrected chi connectivity index (χ3v) is 5.14. The van der Waals surface area contributed by atoms with Crippen LogP contribution in [0.25, 0.3) is 0 Å². The number of nitrogens with zero attached hydrogens (tertiary/aromatic N) is 2. The quantitative estimate of drug-likeness (QED) is 0.715. The Bertz CT molecular complexity index is 326. The summed E-state index contributed by atoms with van der Waals surface area (Å²) in [6.07, 6.45) is 2.15. The Hall–Kier alpha value is -0.210. The third-order valence-electron chi connectivity index (χ3n) is 3.15. The normalized spacial score (nSPS) is 19.6. The van der Waals surface area contributed by atoms with E-state index in [1.54, 1.807) is 7.05 Å². The maximum Gasteiger partial charge on any atom is 0.281 e. The minimum Gasteiger partial charge on any atom is -0.396 e. The van der Waals surface area contributed by atoms with Gasteiger partial charge in [-0.25, -0.2) is 0 Å². The first-order valence-electron chi connectivity index (χ1n) is 6.46. The van der Waals surface area contributed by atoms with Crippen molar-refractivity contribution in [3.05, 3.63) is 0 Å². The van der Waals surface area contributed by atoms with Gasteiger partial charge in [-0.05, 0) is 26.2 Å². The molecule has 0 saturated carbocycles. The molecule has 1 saturated heterocycles. The molecule has 1 rings (SSSR count). The molecule has 0 aromatic heterocycles. The maximum absolute atomic E-state index is 12.2. The molecule has 6 nitrogen and oxygen atoms in total. The second kappa shape index (κ2) is 7.40. The van der Waals surface area contributed by atoms with E-state index in [-0.39, 0.29) is 12.7 Å². The molecule has 1 aliphatic rings. The second-order valence-electron chi connectivity index (χ2n) is 4.46. The van der Waals surface area contributed by atoms with Crippen LogP contribution < -0.4 is 0 Å². The highest BCUT2D eigenvalue weighted by Gasteiger charge is 2.30. The Balaban J connectivity index is 2.49. The lowest BCUT2D eigenvalue weighted by Gasteiger charge is -2.33. The topological polar surface area (TPSA) is 70.1 Å². The molecule has 0 unspecified atom stereocenters. The molecule has 7 heteroatoms. The molecule has 0 aliphatic carbocycles. The fourth-order valence-corrected chi connectivity index (χ4v) is 3.50. The lowest BCUT2D eigenvalue weighted by atomic mass is 10.1. The van der Waals surface area contributed by atoms with Crippen molar-refractivity contribution < 1.29 is 18.3 Å². The van der Waals surface area contributed by atoms with E-state index in [1.165, 1.54) is 8.61 Å². The minimum absolute atomic E-state index is 0.00622. The summed E-state index contributed by atoms with van der Waals surface area (Å²) in [5.41, 5.74) is 0. The van der Waals surface area contributed by atoms with E-state index in [1.807, 2.05) is 6.92 Å². The fraction of sp³-hybridized carbons (Fsp3) is 1.00. The average molecular weight is 280 g/mol. The largest absolute Gasteiger partial charge is 0.396 e. The van der Waals surface area contributed by atoms with Crippen molar-refractivity contribution in [1.29, 1.82) is 0 Å². The Morgan fingerprint density at radius 3 is 2.50 bits per heavy atom. The van der Waals surface area contributed by atoms with Crippen molar-refractivity contribution in [3.63, 3.8) is 0 Å². The molecule has 0 spiro atoms. The SMILES string of the molecule is CCOC1CCN(S(=O)(=O)N(C)CCCO)CC1. The molecule has 0 atom stereocenters. The molecular formula is C11H24N2O4S. The van der Waals surface area contributed by atoms with Crippen LogP contribution in [0.1, 0.15) is 26.2 Å². The van der Waals surface area contributed by atoms with Crippen LogP contribution in [-0.4, -0.2) is 68.1 Å². The van der Waals surface area contributed by atoms with Crippen LogP contribution in [0.2, 0.25) is 0 Å². The predicted octanol–water partition coefficient (Wildman–Crippen LogP) is 0.0463. The molecule has 0 radical (unpaired) electrons. The van der Waals surface area contributed by atoms with E-state index >= 15 is 0 Å². The van der Waals surface area contributed by atoms with Crippen molar-refractivity contribution in [1.82, 2.24) is 8.61 Å². The monoisotopic (exact) mass is 280 g/mol. The zero-order chi connectivity index (χ0) is 13.6. The molecule has 108 valence electrons. The Labute approximate surface area is 110 Å². The standard InChI is InChI=1S/C11H24N2O4S/c1-3-17-11-5-8-13(9-6-11)18(15,16)12(2)7-4-10-14/h11,14H,3-10H2,1-2H3. The van der Waals surface area contributed by atoms with Gasteiger partial charge in [0.05, 0.1) is 6.10 Å². The molecule has 0 aromatic carbocycles. The average Bonchev–Trinajstić information content (AvgIpc) is 2.37. The second-order valence-corrected chi connectivity index (χ2v) is 6.50. The number of aliphatic hydroxyl groups is 1. The van der Waals surface area contributed by atoms with Crippen molar-refractivity contribution in [3.8, 4) is 0 Å². The maximum atomic E-state index is 12.2. The molecule has 1 N–H and O–H groups in total. The summed E-state index contributed by atoms with van der Waals surface area (Å²) in [5.74, 6) is 0. The van der Waals surface area contributed by atoms with Gasteiger partial charge in [-0.1, -0.05) is 0 Å². The molecule has 1 aliphatic heterocycles. The van der Waals surface area contributed by atoms with Gasteiger partial charge in [-0.15, -0.1) is 0 Å². The number of hydrogen-bond acceptors (Lipinski definition) is 4. The van der Waals surface area contributed by atoms with Crippen molar-refractivity contribution in [2.45, 2.75) is 32.3 Å². The van der Waals surface area contributed by atoms with Crippen molar-refractivity contribution in [2.24, 2.45) is 0 Å². The summed E-state index contributed by atoms with van der Waals surface area (Å²) in [4.78, 5) is 0. The van der Waals surface area contributed by atoms with E-state index in [9.17, 15) is 8.42 Å². The van der Waals surface area contributed by atoms with Crippen molar-refractivity contribution in [2.75, 3.05) is 39.9 Å². The zero-order valence-corrected chi connectivity index (χ0v) is 12.0. The molecule has 0 aromatic rings. The Kier molecular flexibility index (Phi) is 6.51. The highest BCUT2D eigenvalue weighted by Crippen LogP contribution is 2.18. The van der Waals surface area contributed by atoms with E-state index in [0.717, 1.165) is 12.8 Å². The van der Waals surface area contributed by atoms with Crippen molar-refractivity contribution >= 4 is 10.2 Å². The predicted molar refractivity (Wildman–Crippen MR) is 69.5 cm³/mol. The van der Waals surface area contributed by atoms with Crippen LogP contribution in [0.15, 0.2) is 0 Å². The lowest BCUT2D eigenvalue weighted by molar-refractivity contribution is 0.0282. The van der Waals surface area contributed by atoms with Gasteiger partial charge in [0, 0.05) is 39.9 Å². The highest BCUT2D eigenvalue weighted by atomic mass is 32.2. The first-order valence-corrected chi connectivity index (χ1v) is 7.86. The summed E-state index contributed by atoms with van der Waals surface area (Å²) in [6.45, 7) is 4.00. The number of ether oxygens (including phenoxy) is 1. The van der Waals surface area contributed by atoms with Gasteiger partial charge in [0.15, 0.2) is 0 Å². The fourth-order valence-electron chi connectivity index (χ4n) is 2.07. The minimum atomic E-state index is -3.37. The molecular weight excluding hydrogens is 256 g/mol. The van der Waals surface area contributed by atoms with Crippen LogP contribution in [0, 0.1) is 0 Å². The summed E-state index contributed by atoms with van der Waals surface area (Å²) in [7, 11) is -1.82. The van der Waals surface area contributed by atoms with Gasteiger partial charge >= 0.3 is 0 Å². The number of aliphatic hydroxyl groups excluding tert-OH is 1. The first kappa shape index (κ1) is 15.8. The van der Waals surface area contributed by atoms with Gasteiger partial charge in [-0.2, -0.15) is 17.0 Å². The summed E-state index contributed by atoms with van der Waals surface area (Å²) in [5, 5.41) is 8.73. The number of piperidine rings is 1. The van der Waals surface area contributed by atoms with E-state index in [0.29, 0.717) is 32.7 Å². The van der Waals surface area contributed by atoms with Crippen LogP contribution in [0.4, 0.5) is 0 Å². The lowest BCUT2D eigenvalue weighted by Crippen LogP contribution is -2.47. The van der Waals surface area contributed by atoms with E-state index in [2.05, 4.69) is 0 Å². The van der Waals surface area contributed by atoms with Gasteiger partial charge in [0.1, 0.15) is 0 Å². The van der Waals surface area contributed by atoms with Gasteiger partial charge in [-0.3, -0.25) is 0 Å². The highest BCUT2D eigenvalue weighted by molar-refractivity contribution is 7.86. The molecule has 1 fully saturated rings. The molecule has 0 bridgehead atoms. The summed E-state index contributed by atoms with van der Waals surface area (Å²) in [6, 6.07) is 0. The Morgan fingerprint density at radius 1 is 1.39 bits per heavy atom. The van der Waals surface area contributed by atoms with Gasteiger partial charge < -0.3 is 9.84 Å². The smallest absolute Gasteiger partial charge is 0.281 e. The first-order chi connectivity index (χ1) is 8.52. The van der Waals surface area contributed by atoms with Crippen LogP contribution >= 0.6 is 0 Å². The van der Waals surface area contributed by atoms with E-state index < -0.39 is 10.2 Å². The number of hydrogen-bond donors (Lipinski definition) is 1. The zero-order valence-electron chi connectivity index (χ0n) is 11.2. The van der Waals surface area contributed by atoms with Crippen LogP contribution in [-0.2, 0) is 14.9 Å². The molecule has 0 amide bonds. The Morgan fingerprint density at radius 2 is 2.00 bits per heavy atom. The molecule has 18 heavy (non-hydrogen) atoms. The van der Waals surface area contributed by atoms with Crippen LogP contribution in [0.5, 0.6) is 0 Å². The molecule has 1 heterocycles. The summed E-state index contributed by atoms with van der Waals surface area (Å²) >= 11 is 0.